The van der Waals surface area contributed by atoms with Gasteiger partial charge in [0, 0.05) is 0 Å². The molecule has 2 rings (SSSR count). The molecule has 0 spiro atoms. The van der Waals surface area contributed by atoms with E-state index in [1.807, 2.05) is 6.92 Å². The number of aryl methyl sites for hydroxylation is 1. The van der Waals surface area contributed by atoms with Crippen molar-refractivity contribution in [1.29, 1.82) is 0 Å². The number of hydrogen-bond acceptors (Lipinski definition) is 6. The second kappa shape index (κ2) is 3.60. The molecular weight excluding hydrogens is 186 g/mol. The van der Waals surface area contributed by atoms with Gasteiger partial charge >= 0.3 is 0 Å². The van der Waals surface area contributed by atoms with E-state index < -0.39 is 0 Å². The Morgan fingerprint density at radius 3 is 3.07 bits per heavy atom. The summed E-state index contributed by atoms with van der Waals surface area (Å²) in [5.41, 5.74) is 0.803. The fraction of sp³-hybridized carbons (Fsp3) is 0.250. The summed E-state index contributed by atoms with van der Waals surface area (Å²) in [5, 5.41) is 3.76. The van der Waals surface area contributed by atoms with Gasteiger partial charge in [0.05, 0.1) is 11.8 Å². The van der Waals surface area contributed by atoms with Gasteiger partial charge in [-0.2, -0.15) is 4.98 Å². The van der Waals surface area contributed by atoms with Crippen LogP contribution in [0.2, 0.25) is 0 Å². The summed E-state index contributed by atoms with van der Waals surface area (Å²) in [4.78, 5) is 8.43. The third-order valence-corrected chi connectivity index (χ3v) is 1.77. The maximum atomic E-state index is 5.11. The van der Waals surface area contributed by atoms with E-state index in [4.69, 9.17) is 14.8 Å². The van der Waals surface area contributed by atoms with Crippen molar-refractivity contribution in [3.8, 4) is 11.4 Å². The van der Waals surface area contributed by atoms with Crippen molar-refractivity contribution in [1.82, 2.24) is 10.1 Å². The zero-order valence-electron chi connectivity index (χ0n) is 7.56. The summed E-state index contributed by atoms with van der Waals surface area (Å²) in [5.74, 6) is 6.43. The molecule has 14 heavy (non-hydrogen) atoms. The average molecular weight is 195 g/mol. The smallest absolute Gasteiger partial charge is 0.255 e. The van der Waals surface area contributed by atoms with Crippen LogP contribution in [0.15, 0.2) is 21.3 Å². The van der Waals surface area contributed by atoms with Crippen molar-refractivity contribution in [3.63, 3.8) is 0 Å². The van der Waals surface area contributed by atoms with E-state index >= 15 is 0 Å². The molecule has 0 unspecified atom stereocenters. The molecule has 74 valence electrons. The first-order valence-corrected chi connectivity index (χ1v) is 4.00. The highest BCUT2D eigenvalue weighted by molar-refractivity contribution is 5.55. The van der Waals surface area contributed by atoms with Gasteiger partial charge in [-0.3, -0.25) is 4.84 Å². The maximum Gasteiger partial charge on any atom is 0.255 e. The van der Waals surface area contributed by atoms with Crippen LogP contribution in [-0.4, -0.2) is 10.1 Å². The van der Waals surface area contributed by atoms with Crippen LogP contribution in [0.4, 0.5) is 0 Å². The lowest BCUT2D eigenvalue weighted by atomic mass is 10.2. The number of furan rings is 1. The Bertz CT molecular complexity index is 421. The summed E-state index contributed by atoms with van der Waals surface area (Å²) in [6.07, 6.45) is 1.57. The van der Waals surface area contributed by atoms with E-state index in [1.165, 1.54) is 0 Å². The van der Waals surface area contributed by atoms with Crippen LogP contribution in [0.3, 0.4) is 0 Å². The van der Waals surface area contributed by atoms with Gasteiger partial charge in [-0.25, -0.2) is 5.90 Å². The first-order valence-electron chi connectivity index (χ1n) is 4.00. The minimum Gasteiger partial charge on any atom is -0.469 e. The Balaban J connectivity index is 2.29. The molecule has 0 aromatic carbocycles. The molecule has 0 aliphatic carbocycles. The number of nitrogens with zero attached hydrogens (tertiary/aromatic N) is 2. The van der Waals surface area contributed by atoms with Gasteiger partial charge in [-0.05, 0) is 13.0 Å². The lowest BCUT2D eigenvalue weighted by Gasteiger charge is -1.88. The summed E-state index contributed by atoms with van der Waals surface area (Å²) in [6.45, 7) is 1.93. The van der Waals surface area contributed by atoms with Gasteiger partial charge in [-0.1, -0.05) is 5.16 Å². The molecule has 0 aliphatic rings. The number of aromatic nitrogens is 2. The van der Waals surface area contributed by atoms with Gasteiger partial charge in [0.1, 0.15) is 12.4 Å². The minimum atomic E-state index is 0.101. The lowest BCUT2D eigenvalue weighted by Crippen LogP contribution is -1.98. The van der Waals surface area contributed by atoms with E-state index in [-0.39, 0.29) is 6.61 Å². The van der Waals surface area contributed by atoms with E-state index in [0.717, 1.165) is 11.3 Å². The molecular formula is C8H9N3O3. The van der Waals surface area contributed by atoms with Crippen LogP contribution in [0.25, 0.3) is 11.4 Å². The molecule has 2 aromatic heterocycles. The van der Waals surface area contributed by atoms with E-state index in [2.05, 4.69) is 15.0 Å². The molecule has 0 radical (unpaired) electrons. The monoisotopic (exact) mass is 195 g/mol. The Kier molecular flexibility index (Phi) is 2.30. The van der Waals surface area contributed by atoms with Gasteiger partial charge in [-0.15, -0.1) is 0 Å². The fourth-order valence-electron chi connectivity index (χ4n) is 1.11. The first kappa shape index (κ1) is 8.92. The third-order valence-electron chi connectivity index (χ3n) is 1.77. The molecule has 0 saturated carbocycles. The van der Waals surface area contributed by atoms with Crippen molar-refractivity contribution < 1.29 is 13.8 Å². The van der Waals surface area contributed by atoms with Crippen molar-refractivity contribution >= 4 is 0 Å². The second-order valence-electron chi connectivity index (χ2n) is 2.71. The van der Waals surface area contributed by atoms with E-state index in [9.17, 15) is 0 Å². The molecule has 6 nitrogen and oxygen atoms in total. The van der Waals surface area contributed by atoms with Crippen LogP contribution >= 0.6 is 0 Å². The average Bonchev–Trinajstić information content (AvgIpc) is 2.74. The SMILES string of the molecule is Cc1occc1-c1noc(CON)n1. The predicted octanol–water partition coefficient (Wildman–Crippen LogP) is 1.03. The molecule has 0 bridgehead atoms. The molecule has 0 amide bonds. The maximum absolute atomic E-state index is 5.11. The second-order valence-corrected chi connectivity index (χ2v) is 2.71. The number of nitrogens with two attached hydrogens (primary N) is 1. The van der Waals surface area contributed by atoms with E-state index in [0.29, 0.717) is 11.7 Å². The minimum absolute atomic E-state index is 0.101. The number of hydrogen-bond donors (Lipinski definition) is 1. The molecule has 0 aliphatic heterocycles. The van der Waals surface area contributed by atoms with Gasteiger partial charge in [0.15, 0.2) is 0 Å². The zero-order valence-corrected chi connectivity index (χ0v) is 7.56. The van der Waals surface area contributed by atoms with Crippen LogP contribution in [0.1, 0.15) is 11.7 Å². The largest absolute Gasteiger partial charge is 0.469 e. The van der Waals surface area contributed by atoms with Crippen LogP contribution in [0, 0.1) is 6.92 Å². The lowest BCUT2D eigenvalue weighted by molar-refractivity contribution is 0.0996. The van der Waals surface area contributed by atoms with Crippen molar-refractivity contribution in [2.75, 3.05) is 0 Å². The number of rotatable bonds is 3. The quantitative estimate of drug-likeness (QED) is 0.736. The summed E-state index contributed by atoms with van der Waals surface area (Å²) >= 11 is 0. The summed E-state index contributed by atoms with van der Waals surface area (Å²) < 4.78 is 9.99. The van der Waals surface area contributed by atoms with Crippen LogP contribution in [-0.2, 0) is 11.4 Å². The molecule has 2 N–H and O–H groups in total. The molecule has 0 saturated heterocycles. The topological polar surface area (TPSA) is 87.3 Å². The fourth-order valence-corrected chi connectivity index (χ4v) is 1.11. The van der Waals surface area contributed by atoms with Gasteiger partial charge in [0.2, 0.25) is 5.82 Å². The summed E-state index contributed by atoms with van der Waals surface area (Å²) in [6, 6.07) is 1.77. The van der Waals surface area contributed by atoms with E-state index in [1.54, 1.807) is 12.3 Å². The normalized spacial score (nSPS) is 10.7. The van der Waals surface area contributed by atoms with Crippen molar-refractivity contribution in [2.24, 2.45) is 5.90 Å². The predicted molar refractivity (Wildman–Crippen MR) is 45.7 cm³/mol. The first-order chi connectivity index (χ1) is 6.81. The molecule has 0 fully saturated rings. The van der Waals surface area contributed by atoms with Crippen LogP contribution in [0.5, 0.6) is 0 Å². The van der Waals surface area contributed by atoms with Gasteiger partial charge in [0.25, 0.3) is 5.89 Å². The Labute approximate surface area is 79.6 Å². The Morgan fingerprint density at radius 1 is 1.57 bits per heavy atom. The molecule has 2 heterocycles. The molecule has 6 heteroatoms. The third kappa shape index (κ3) is 1.52. The highest BCUT2D eigenvalue weighted by Gasteiger charge is 2.12. The standard InChI is InChI=1S/C8H9N3O3/c1-5-6(2-3-12-5)8-10-7(4-13-9)14-11-8/h2-3H,4,9H2,1H3. The van der Waals surface area contributed by atoms with Crippen LogP contribution < -0.4 is 5.90 Å². The Morgan fingerprint density at radius 2 is 2.43 bits per heavy atom. The zero-order chi connectivity index (χ0) is 9.97. The summed E-state index contributed by atoms with van der Waals surface area (Å²) in [7, 11) is 0. The van der Waals surface area contributed by atoms with Crippen molar-refractivity contribution in [3.05, 3.63) is 24.0 Å². The molecule has 0 atom stereocenters. The van der Waals surface area contributed by atoms with Gasteiger partial charge < -0.3 is 8.94 Å². The highest BCUT2D eigenvalue weighted by Crippen LogP contribution is 2.20. The van der Waals surface area contributed by atoms with Crippen molar-refractivity contribution in [2.45, 2.75) is 13.5 Å². The molecule has 2 aromatic rings. The Hall–Kier alpha value is -1.66. The highest BCUT2D eigenvalue weighted by atomic mass is 16.6.